The van der Waals surface area contributed by atoms with E-state index in [-0.39, 0.29) is 5.97 Å². The van der Waals surface area contributed by atoms with Gasteiger partial charge in [0.1, 0.15) is 16.4 Å². The number of carbonyl (C=O) groups excluding carboxylic acids is 1. The second kappa shape index (κ2) is 8.84. The highest BCUT2D eigenvalue weighted by molar-refractivity contribution is 7.98. The number of H-pyrrole nitrogens is 1. The first-order chi connectivity index (χ1) is 14.2. The van der Waals surface area contributed by atoms with E-state index in [0.717, 1.165) is 52.6 Å². The molecule has 0 saturated heterocycles. The fourth-order valence-electron chi connectivity index (χ4n) is 3.63. The number of hydrogen-bond acceptors (Lipinski definition) is 6. The molecule has 152 valence electrons. The third-order valence-electron chi connectivity index (χ3n) is 4.98. The van der Waals surface area contributed by atoms with Gasteiger partial charge in [-0.1, -0.05) is 42.1 Å². The van der Waals surface area contributed by atoms with Crippen molar-refractivity contribution in [2.75, 3.05) is 13.2 Å². The van der Waals surface area contributed by atoms with Crippen LogP contribution < -0.4 is 5.73 Å². The van der Waals surface area contributed by atoms with Crippen LogP contribution in [0.3, 0.4) is 0 Å². The summed E-state index contributed by atoms with van der Waals surface area (Å²) < 4.78 is 7.09. The zero-order valence-electron chi connectivity index (χ0n) is 16.5. The van der Waals surface area contributed by atoms with Crippen molar-refractivity contribution in [1.29, 1.82) is 0 Å². The molecule has 3 aromatic rings. The molecule has 0 bridgehead atoms. The molecule has 2 aromatic heterocycles. The molecule has 7 nitrogen and oxygen atoms in total. The number of esters is 1. The molecular weight excluding hydrogens is 386 g/mol. The van der Waals surface area contributed by atoms with Crippen LogP contribution in [0.4, 0.5) is 0 Å². The van der Waals surface area contributed by atoms with E-state index in [0.29, 0.717) is 25.4 Å². The maximum atomic E-state index is 12.7. The number of rotatable bonds is 8. The first-order valence-corrected chi connectivity index (χ1v) is 10.9. The van der Waals surface area contributed by atoms with E-state index in [2.05, 4.69) is 22.3 Å². The average molecular weight is 412 g/mol. The number of hydrogen-bond donors (Lipinski definition) is 2. The maximum Gasteiger partial charge on any atom is 0.356 e. The molecule has 29 heavy (non-hydrogen) atoms. The van der Waals surface area contributed by atoms with Crippen molar-refractivity contribution in [3.63, 3.8) is 0 Å². The molecule has 1 aliphatic carbocycles. The highest BCUT2D eigenvalue weighted by Gasteiger charge is 2.32. The highest BCUT2D eigenvalue weighted by atomic mass is 32.2. The summed E-state index contributed by atoms with van der Waals surface area (Å²) in [4.78, 5) is 12.7. The summed E-state index contributed by atoms with van der Waals surface area (Å²) in [5.41, 5.74) is 11.4. The minimum atomic E-state index is -0.316. The van der Waals surface area contributed by atoms with E-state index in [1.807, 2.05) is 25.1 Å². The molecular formula is C21H25N5O2S. The molecule has 3 N–H and O–H groups in total. The smallest absolute Gasteiger partial charge is 0.356 e. The quantitative estimate of drug-likeness (QED) is 0.436. The van der Waals surface area contributed by atoms with Crippen molar-refractivity contribution in [3.05, 3.63) is 52.8 Å². The van der Waals surface area contributed by atoms with Crippen LogP contribution in [0.1, 0.15) is 40.7 Å². The van der Waals surface area contributed by atoms with E-state index in [4.69, 9.17) is 15.6 Å². The number of carbonyl (C=O) groups is 1. The Morgan fingerprint density at radius 3 is 2.90 bits per heavy atom. The summed E-state index contributed by atoms with van der Waals surface area (Å²) in [6.07, 6.45) is 2.29. The Hall–Kier alpha value is -2.58. The number of aromatic amines is 1. The number of nitrogens with two attached hydrogens (primary N) is 1. The first kappa shape index (κ1) is 19.7. The van der Waals surface area contributed by atoms with E-state index in [1.165, 1.54) is 5.56 Å². The Morgan fingerprint density at radius 2 is 2.14 bits per heavy atom. The molecule has 0 saturated carbocycles. The number of fused-ring (bicyclic) bond motifs is 3. The van der Waals surface area contributed by atoms with Crippen LogP contribution in [0.15, 0.2) is 35.4 Å². The zero-order valence-corrected chi connectivity index (χ0v) is 17.3. The molecule has 0 amide bonds. The zero-order chi connectivity index (χ0) is 20.2. The Kier molecular flexibility index (Phi) is 6.01. The van der Waals surface area contributed by atoms with Gasteiger partial charge < -0.3 is 10.5 Å². The number of nitrogens with one attached hydrogen (secondary N) is 1. The third kappa shape index (κ3) is 3.95. The summed E-state index contributed by atoms with van der Waals surface area (Å²) in [6.45, 7) is 3.29. The molecule has 0 fully saturated rings. The van der Waals surface area contributed by atoms with Gasteiger partial charge in [-0.2, -0.15) is 10.2 Å². The second-order valence-electron chi connectivity index (χ2n) is 6.92. The Bertz CT molecular complexity index is 996. The van der Waals surface area contributed by atoms with E-state index in [1.54, 1.807) is 16.4 Å². The Labute approximate surface area is 174 Å². The van der Waals surface area contributed by atoms with Gasteiger partial charge in [-0.05, 0) is 38.3 Å². The van der Waals surface area contributed by atoms with Crippen LogP contribution >= 0.6 is 11.8 Å². The Morgan fingerprint density at radius 1 is 1.31 bits per heavy atom. The minimum absolute atomic E-state index is 0.316. The molecule has 0 spiro atoms. The van der Waals surface area contributed by atoms with Crippen molar-refractivity contribution < 1.29 is 9.53 Å². The van der Waals surface area contributed by atoms with Crippen LogP contribution in [0.2, 0.25) is 0 Å². The summed E-state index contributed by atoms with van der Waals surface area (Å²) in [5.74, 6) is 0.509. The number of aryl methyl sites for hydroxylation is 2. The van der Waals surface area contributed by atoms with Gasteiger partial charge in [-0.25, -0.2) is 4.79 Å². The van der Waals surface area contributed by atoms with Crippen molar-refractivity contribution in [1.82, 2.24) is 20.0 Å². The normalized spacial score (nSPS) is 12.5. The molecule has 4 rings (SSSR count). The predicted molar refractivity (Wildman–Crippen MR) is 113 cm³/mol. The first-order valence-electron chi connectivity index (χ1n) is 9.94. The summed E-state index contributed by atoms with van der Waals surface area (Å²) >= 11 is 1.68. The monoisotopic (exact) mass is 411 g/mol. The molecule has 2 heterocycles. The summed E-state index contributed by atoms with van der Waals surface area (Å²) in [5, 5.41) is 13.4. The molecule has 1 aromatic carbocycles. The van der Waals surface area contributed by atoms with Crippen LogP contribution in [0.5, 0.6) is 0 Å². The molecule has 8 heteroatoms. The predicted octanol–water partition coefficient (Wildman–Crippen LogP) is 3.19. The second-order valence-corrected chi connectivity index (χ2v) is 7.88. The average Bonchev–Trinajstić information content (AvgIpc) is 3.32. The van der Waals surface area contributed by atoms with E-state index < -0.39 is 0 Å². The van der Waals surface area contributed by atoms with Crippen molar-refractivity contribution in [2.45, 2.75) is 43.5 Å². The number of thioether (sulfide) groups is 1. The van der Waals surface area contributed by atoms with Gasteiger partial charge in [0.25, 0.3) is 0 Å². The lowest BCUT2D eigenvalue weighted by Crippen LogP contribution is -2.17. The third-order valence-corrected chi connectivity index (χ3v) is 6.03. The number of nitrogens with zero attached hydrogens (tertiary/aromatic N) is 3. The van der Waals surface area contributed by atoms with Crippen molar-refractivity contribution >= 4 is 17.7 Å². The van der Waals surface area contributed by atoms with E-state index in [9.17, 15) is 4.79 Å². The van der Waals surface area contributed by atoms with Crippen LogP contribution in [-0.2, 0) is 29.9 Å². The van der Waals surface area contributed by atoms with Gasteiger partial charge in [-0.3, -0.25) is 9.78 Å². The fourth-order valence-corrected chi connectivity index (χ4v) is 4.60. The Balaban J connectivity index is 1.70. The lowest BCUT2D eigenvalue weighted by molar-refractivity contribution is 0.0510. The largest absolute Gasteiger partial charge is 0.461 e. The highest BCUT2D eigenvalue weighted by Crippen LogP contribution is 2.40. The maximum absolute atomic E-state index is 12.7. The summed E-state index contributed by atoms with van der Waals surface area (Å²) in [6, 6.07) is 10.3. The SMILES string of the molecule is CCOC(=O)c1c2c(nn1CCCN)-c1c(SCc3ccccc3)n[nH]c1CC2. The van der Waals surface area contributed by atoms with Gasteiger partial charge in [0.2, 0.25) is 0 Å². The molecule has 0 unspecified atom stereocenters. The van der Waals surface area contributed by atoms with Crippen LogP contribution in [0, 0.1) is 0 Å². The molecule has 1 aliphatic rings. The summed E-state index contributed by atoms with van der Waals surface area (Å²) in [7, 11) is 0. The number of benzene rings is 1. The van der Waals surface area contributed by atoms with Gasteiger partial charge in [0.05, 0.1) is 12.2 Å². The van der Waals surface area contributed by atoms with Gasteiger partial charge >= 0.3 is 5.97 Å². The van der Waals surface area contributed by atoms with Gasteiger partial charge in [0.15, 0.2) is 0 Å². The molecule has 0 atom stereocenters. The van der Waals surface area contributed by atoms with Crippen molar-refractivity contribution in [3.8, 4) is 11.3 Å². The van der Waals surface area contributed by atoms with Gasteiger partial charge in [-0.15, -0.1) is 0 Å². The lowest BCUT2D eigenvalue weighted by atomic mass is 9.94. The molecule has 0 aliphatic heterocycles. The minimum Gasteiger partial charge on any atom is -0.461 e. The van der Waals surface area contributed by atoms with E-state index >= 15 is 0 Å². The van der Waals surface area contributed by atoms with Crippen LogP contribution in [0.25, 0.3) is 11.3 Å². The van der Waals surface area contributed by atoms with Crippen molar-refractivity contribution in [2.24, 2.45) is 5.73 Å². The number of aromatic nitrogens is 4. The fraction of sp³-hybridized carbons (Fsp3) is 0.381. The molecule has 0 radical (unpaired) electrons. The topological polar surface area (TPSA) is 98.8 Å². The van der Waals surface area contributed by atoms with Gasteiger partial charge in [0, 0.05) is 23.6 Å². The van der Waals surface area contributed by atoms with Crippen LogP contribution in [-0.4, -0.2) is 39.1 Å². The number of ether oxygens (including phenoxy) is 1. The lowest BCUT2D eigenvalue weighted by Gasteiger charge is -2.13. The standard InChI is InChI=1S/C21H25N5O2S/c1-2-28-21(27)19-15-9-10-16-17(18(15)25-26(19)12-6-11-22)20(24-23-16)29-13-14-7-4-3-5-8-14/h3-5,7-8H,2,6,9-13,22H2,1H3,(H,23,24).